The lowest BCUT2D eigenvalue weighted by Gasteiger charge is -2.27. The number of ether oxygens (including phenoxy) is 1. The Labute approximate surface area is 103 Å². The smallest absolute Gasteiger partial charge is 0.134 e. The molecule has 0 spiro atoms. The summed E-state index contributed by atoms with van der Waals surface area (Å²) in [4.78, 5) is 0. The van der Waals surface area contributed by atoms with E-state index in [1.165, 1.54) is 0 Å². The largest absolute Gasteiger partial charge is 0.379 e. The van der Waals surface area contributed by atoms with E-state index in [4.69, 9.17) is 4.74 Å². The summed E-state index contributed by atoms with van der Waals surface area (Å²) in [6.45, 7) is 4.56. The number of hydrogen-bond acceptors (Lipinski definition) is 3. The normalized spacial score (nSPS) is 14.3. The molecule has 0 radical (unpaired) electrons. The maximum atomic E-state index is 9.43. The van der Waals surface area contributed by atoms with Gasteiger partial charge in [0, 0.05) is 6.42 Å². The van der Waals surface area contributed by atoms with Gasteiger partial charge in [0.15, 0.2) is 0 Å². The van der Waals surface area contributed by atoms with Crippen LogP contribution in [-0.2, 0) is 10.3 Å². The van der Waals surface area contributed by atoms with Crippen molar-refractivity contribution in [1.29, 1.82) is 5.26 Å². The summed E-state index contributed by atoms with van der Waals surface area (Å²) < 4.78 is 5.53. The van der Waals surface area contributed by atoms with E-state index >= 15 is 0 Å². The fourth-order valence-corrected chi connectivity index (χ4v) is 1.76. The third-order valence-corrected chi connectivity index (χ3v) is 2.81. The minimum atomic E-state index is -0.657. The molecule has 1 unspecified atom stereocenters. The van der Waals surface area contributed by atoms with Crippen molar-refractivity contribution in [2.24, 2.45) is 0 Å². The molecule has 0 saturated carbocycles. The lowest BCUT2D eigenvalue weighted by atomic mass is 9.88. The maximum absolute atomic E-state index is 9.43. The van der Waals surface area contributed by atoms with Crippen LogP contribution in [0.2, 0.25) is 0 Å². The summed E-state index contributed by atoms with van der Waals surface area (Å²) >= 11 is 0. The Morgan fingerprint density at radius 2 is 2.00 bits per heavy atom. The number of hydrogen-bond donors (Lipinski definition) is 1. The monoisotopic (exact) mass is 232 g/mol. The zero-order chi connectivity index (χ0) is 12.7. The van der Waals surface area contributed by atoms with Gasteiger partial charge in [0.25, 0.3) is 0 Å². The van der Waals surface area contributed by atoms with Gasteiger partial charge in [-0.2, -0.15) is 5.26 Å². The van der Waals surface area contributed by atoms with Crippen LogP contribution in [0, 0.1) is 11.3 Å². The molecule has 0 aliphatic heterocycles. The molecular weight excluding hydrogens is 212 g/mol. The zero-order valence-corrected chi connectivity index (χ0v) is 10.7. The molecular formula is C14H20N2O. The molecule has 1 rings (SSSR count). The fraction of sp³-hybridized carbons (Fsp3) is 0.500. The molecule has 0 fully saturated rings. The van der Waals surface area contributed by atoms with Crippen LogP contribution in [0.3, 0.4) is 0 Å². The van der Waals surface area contributed by atoms with E-state index in [0.717, 1.165) is 5.56 Å². The van der Waals surface area contributed by atoms with Crippen molar-refractivity contribution < 1.29 is 4.74 Å². The predicted molar refractivity (Wildman–Crippen MR) is 68.5 cm³/mol. The molecule has 0 amide bonds. The molecule has 1 aromatic rings. The van der Waals surface area contributed by atoms with Crippen LogP contribution in [0.15, 0.2) is 30.3 Å². The molecule has 0 bridgehead atoms. The van der Waals surface area contributed by atoms with Crippen LogP contribution in [0.4, 0.5) is 0 Å². The highest BCUT2D eigenvalue weighted by molar-refractivity contribution is 5.31. The first-order valence-corrected chi connectivity index (χ1v) is 5.92. The first-order chi connectivity index (χ1) is 8.14. The first-order valence-electron chi connectivity index (χ1n) is 5.92. The lowest BCUT2D eigenvalue weighted by molar-refractivity contribution is 0.0663. The Kier molecular flexibility index (Phi) is 5.14. The van der Waals surface area contributed by atoms with Crippen LogP contribution >= 0.6 is 0 Å². The van der Waals surface area contributed by atoms with E-state index < -0.39 is 5.54 Å². The molecule has 3 heteroatoms. The van der Waals surface area contributed by atoms with E-state index in [1.807, 2.05) is 51.2 Å². The Morgan fingerprint density at radius 3 is 2.47 bits per heavy atom. The fourth-order valence-electron chi connectivity index (χ4n) is 1.76. The van der Waals surface area contributed by atoms with E-state index in [2.05, 4.69) is 11.4 Å². The van der Waals surface area contributed by atoms with Crippen LogP contribution < -0.4 is 5.32 Å². The van der Waals surface area contributed by atoms with Gasteiger partial charge >= 0.3 is 0 Å². The molecule has 0 aliphatic carbocycles. The van der Waals surface area contributed by atoms with Crippen molar-refractivity contribution in [1.82, 2.24) is 5.32 Å². The summed E-state index contributed by atoms with van der Waals surface area (Å²) in [5.41, 5.74) is 0.327. The van der Waals surface area contributed by atoms with Gasteiger partial charge in [-0.15, -0.1) is 0 Å². The number of nitriles is 1. The van der Waals surface area contributed by atoms with Crippen molar-refractivity contribution in [2.75, 3.05) is 13.7 Å². The molecule has 92 valence electrons. The summed E-state index contributed by atoms with van der Waals surface area (Å²) in [7, 11) is 1.81. The summed E-state index contributed by atoms with van der Waals surface area (Å²) in [6, 6.07) is 12.1. The standard InChI is InChI=1S/C14H20N2O/c1-12(2)17-10-9-14(11-15,16-3)13-7-5-4-6-8-13/h4-8,12,16H,9-10H2,1-3H3. The van der Waals surface area contributed by atoms with Crippen LogP contribution in [0.1, 0.15) is 25.8 Å². The minimum absolute atomic E-state index is 0.194. The van der Waals surface area contributed by atoms with E-state index in [9.17, 15) is 5.26 Å². The summed E-state index contributed by atoms with van der Waals surface area (Å²) in [6.07, 6.45) is 0.835. The molecule has 1 N–H and O–H groups in total. The maximum Gasteiger partial charge on any atom is 0.134 e. The van der Waals surface area contributed by atoms with Crippen molar-refractivity contribution in [3.05, 3.63) is 35.9 Å². The number of benzene rings is 1. The van der Waals surface area contributed by atoms with E-state index in [1.54, 1.807) is 0 Å². The molecule has 1 aromatic carbocycles. The predicted octanol–water partition coefficient (Wildman–Crippen LogP) is 2.44. The average Bonchev–Trinajstić information content (AvgIpc) is 2.36. The van der Waals surface area contributed by atoms with Gasteiger partial charge in [0.1, 0.15) is 5.54 Å². The Bertz CT molecular complexity index is 370. The van der Waals surface area contributed by atoms with Gasteiger partial charge in [-0.1, -0.05) is 30.3 Å². The molecule has 1 atom stereocenters. The number of nitrogens with one attached hydrogen (secondary N) is 1. The molecule has 0 saturated heterocycles. The highest BCUT2D eigenvalue weighted by Crippen LogP contribution is 2.24. The average molecular weight is 232 g/mol. The van der Waals surface area contributed by atoms with Crippen molar-refractivity contribution in [3.8, 4) is 6.07 Å². The molecule has 0 aliphatic rings. The Balaban J connectivity index is 2.80. The van der Waals surface area contributed by atoms with Crippen molar-refractivity contribution >= 4 is 0 Å². The van der Waals surface area contributed by atoms with Gasteiger partial charge in [-0.05, 0) is 26.5 Å². The van der Waals surface area contributed by atoms with Crippen molar-refractivity contribution in [3.63, 3.8) is 0 Å². The summed E-state index contributed by atoms with van der Waals surface area (Å²) in [5, 5.41) is 12.5. The second kappa shape index (κ2) is 6.39. The Morgan fingerprint density at radius 1 is 1.35 bits per heavy atom. The Hall–Kier alpha value is -1.37. The second-order valence-corrected chi connectivity index (χ2v) is 4.30. The minimum Gasteiger partial charge on any atom is -0.379 e. The highest BCUT2D eigenvalue weighted by Gasteiger charge is 2.29. The van der Waals surface area contributed by atoms with Gasteiger partial charge in [0.05, 0.1) is 18.8 Å². The number of nitrogens with zero attached hydrogens (tertiary/aromatic N) is 1. The zero-order valence-electron chi connectivity index (χ0n) is 10.7. The topological polar surface area (TPSA) is 45.0 Å². The highest BCUT2D eigenvalue weighted by atomic mass is 16.5. The molecule has 0 aromatic heterocycles. The first kappa shape index (κ1) is 13.7. The number of rotatable bonds is 6. The molecule has 3 nitrogen and oxygen atoms in total. The van der Waals surface area contributed by atoms with Gasteiger partial charge in [-0.25, -0.2) is 0 Å². The second-order valence-electron chi connectivity index (χ2n) is 4.30. The third-order valence-electron chi connectivity index (χ3n) is 2.81. The quantitative estimate of drug-likeness (QED) is 0.819. The van der Waals surface area contributed by atoms with E-state index in [-0.39, 0.29) is 6.10 Å². The lowest BCUT2D eigenvalue weighted by Crippen LogP contribution is -2.39. The van der Waals surface area contributed by atoms with Crippen LogP contribution in [0.25, 0.3) is 0 Å². The SMILES string of the molecule is CNC(C#N)(CCOC(C)C)c1ccccc1. The molecule has 0 heterocycles. The van der Waals surface area contributed by atoms with Gasteiger partial charge in [0.2, 0.25) is 0 Å². The van der Waals surface area contributed by atoms with E-state index in [0.29, 0.717) is 13.0 Å². The van der Waals surface area contributed by atoms with Gasteiger partial charge in [-0.3, -0.25) is 5.32 Å². The third kappa shape index (κ3) is 3.55. The van der Waals surface area contributed by atoms with Crippen LogP contribution in [-0.4, -0.2) is 19.8 Å². The van der Waals surface area contributed by atoms with Crippen LogP contribution in [0.5, 0.6) is 0 Å². The summed E-state index contributed by atoms with van der Waals surface area (Å²) in [5.74, 6) is 0. The van der Waals surface area contributed by atoms with Gasteiger partial charge < -0.3 is 4.74 Å². The molecule has 17 heavy (non-hydrogen) atoms. The van der Waals surface area contributed by atoms with Crippen molar-refractivity contribution in [2.45, 2.75) is 31.9 Å².